The van der Waals surface area contributed by atoms with E-state index in [9.17, 15) is 22.4 Å². The van der Waals surface area contributed by atoms with Crippen LogP contribution in [-0.2, 0) is 6.18 Å². The van der Waals surface area contributed by atoms with Crippen LogP contribution >= 0.6 is 0 Å². The Morgan fingerprint density at radius 2 is 1.84 bits per heavy atom. The standard InChI is InChI=1S/C20H17F4N7O/c21-13-1-2-15(31-26-6-7-27-31)14(9-13)18(32)30-10-12-4-8-29(11-16(12)30)19-25-5-3-17(28-19)20(22,23)24/h1-3,5-7,9,12,16H,4,8,10-11H2/t12-,16-/m1/s1. The summed E-state index contributed by atoms with van der Waals surface area (Å²) in [4.78, 5) is 25.4. The fraction of sp³-hybridized carbons (Fsp3) is 0.350. The summed E-state index contributed by atoms with van der Waals surface area (Å²) in [5.41, 5.74) is -0.548. The number of anilines is 1. The Balaban J connectivity index is 1.38. The molecule has 2 fully saturated rings. The maximum absolute atomic E-state index is 13.9. The van der Waals surface area contributed by atoms with E-state index in [0.717, 1.165) is 18.3 Å². The topological polar surface area (TPSA) is 80.0 Å². The molecule has 0 unspecified atom stereocenters. The summed E-state index contributed by atoms with van der Waals surface area (Å²) >= 11 is 0. The Kier molecular flexibility index (Phi) is 4.79. The van der Waals surface area contributed by atoms with Gasteiger partial charge in [0.15, 0.2) is 0 Å². The van der Waals surface area contributed by atoms with E-state index in [0.29, 0.717) is 31.7 Å². The second-order valence-corrected chi connectivity index (χ2v) is 7.74. The molecule has 2 atom stereocenters. The zero-order chi connectivity index (χ0) is 22.5. The van der Waals surface area contributed by atoms with Crippen LogP contribution in [0.25, 0.3) is 5.69 Å². The SMILES string of the molecule is O=C(c1cc(F)ccc1-n1nccn1)N1C[C@H]2CCN(c3nccc(C(F)(F)F)n3)C[C@H]21. The number of carbonyl (C=O) groups excluding carboxylic acids is 1. The van der Waals surface area contributed by atoms with Crippen LogP contribution in [0.3, 0.4) is 0 Å². The first-order valence-corrected chi connectivity index (χ1v) is 9.93. The summed E-state index contributed by atoms with van der Waals surface area (Å²) in [6, 6.07) is 4.39. The zero-order valence-corrected chi connectivity index (χ0v) is 16.6. The lowest BCUT2D eigenvalue weighted by Crippen LogP contribution is -2.66. The molecular weight excluding hydrogens is 430 g/mol. The van der Waals surface area contributed by atoms with Crippen LogP contribution in [0.15, 0.2) is 42.9 Å². The van der Waals surface area contributed by atoms with Gasteiger partial charge in [-0.15, -0.1) is 0 Å². The number of hydrogen-bond donors (Lipinski definition) is 0. The molecule has 1 amide bonds. The second-order valence-electron chi connectivity index (χ2n) is 7.74. The summed E-state index contributed by atoms with van der Waals surface area (Å²) in [5, 5.41) is 8.04. The number of amides is 1. The van der Waals surface area contributed by atoms with E-state index >= 15 is 0 Å². The molecule has 3 aromatic rings. The molecular formula is C20H17F4N7O. The molecule has 0 spiro atoms. The molecule has 166 valence electrons. The van der Waals surface area contributed by atoms with E-state index in [1.54, 1.807) is 9.80 Å². The Morgan fingerprint density at radius 1 is 1.06 bits per heavy atom. The summed E-state index contributed by atoms with van der Waals surface area (Å²) in [5.74, 6) is -0.764. The summed E-state index contributed by atoms with van der Waals surface area (Å²) in [6.45, 7) is 1.28. The fourth-order valence-electron chi connectivity index (χ4n) is 4.22. The van der Waals surface area contributed by atoms with Crippen molar-refractivity contribution in [3.8, 4) is 5.69 Å². The number of likely N-dealkylation sites (tertiary alicyclic amines) is 1. The van der Waals surface area contributed by atoms with Gasteiger partial charge in [0, 0.05) is 31.7 Å². The van der Waals surface area contributed by atoms with Crippen LogP contribution in [0.5, 0.6) is 0 Å². The highest BCUT2D eigenvalue weighted by Gasteiger charge is 2.46. The van der Waals surface area contributed by atoms with Crippen molar-refractivity contribution < 1.29 is 22.4 Å². The van der Waals surface area contributed by atoms with Crippen LogP contribution in [-0.4, -0.2) is 61.4 Å². The molecule has 0 N–H and O–H groups in total. The lowest BCUT2D eigenvalue weighted by Gasteiger charge is -2.53. The van der Waals surface area contributed by atoms with Crippen molar-refractivity contribution in [3.63, 3.8) is 0 Å². The van der Waals surface area contributed by atoms with Crippen molar-refractivity contribution >= 4 is 11.9 Å². The van der Waals surface area contributed by atoms with E-state index in [1.165, 1.54) is 29.3 Å². The van der Waals surface area contributed by atoms with Gasteiger partial charge in [-0.3, -0.25) is 4.79 Å². The number of nitrogens with zero attached hydrogens (tertiary/aromatic N) is 7. The number of halogens is 4. The smallest absolute Gasteiger partial charge is 0.339 e. The van der Waals surface area contributed by atoms with Gasteiger partial charge in [0.25, 0.3) is 5.91 Å². The highest BCUT2D eigenvalue weighted by Crippen LogP contribution is 2.36. The van der Waals surface area contributed by atoms with Crippen molar-refractivity contribution in [3.05, 3.63) is 59.9 Å². The molecule has 2 aliphatic heterocycles. The summed E-state index contributed by atoms with van der Waals surface area (Å²) in [6.07, 6.45) is 0.0985. The molecule has 4 heterocycles. The van der Waals surface area contributed by atoms with Gasteiger partial charge < -0.3 is 9.80 Å². The average molecular weight is 447 g/mol. The number of carbonyl (C=O) groups is 1. The molecule has 12 heteroatoms. The molecule has 0 bridgehead atoms. The number of benzene rings is 1. The number of hydrogen-bond acceptors (Lipinski definition) is 6. The molecule has 0 aliphatic carbocycles. The Labute approximate surface area is 179 Å². The lowest BCUT2D eigenvalue weighted by atomic mass is 9.81. The van der Waals surface area contributed by atoms with Gasteiger partial charge in [0.2, 0.25) is 5.95 Å². The van der Waals surface area contributed by atoms with Gasteiger partial charge in [-0.25, -0.2) is 14.4 Å². The second kappa shape index (κ2) is 7.53. The Hall–Kier alpha value is -3.57. The number of fused-ring (bicyclic) bond motifs is 1. The molecule has 32 heavy (non-hydrogen) atoms. The average Bonchev–Trinajstić information content (AvgIpc) is 3.28. The van der Waals surface area contributed by atoms with Crippen LogP contribution in [0.4, 0.5) is 23.5 Å². The Bertz CT molecular complexity index is 1150. The van der Waals surface area contributed by atoms with Gasteiger partial charge in [0.1, 0.15) is 11.5 Å². The third-order valence-corrected chi connectivity index (χ3v) is 5.85. The molecule has 2 saturated heterocycles. The highest BCUT2D eigenvalue weighted by atomic mass is 19.4. The molecule has 0 radical (unpaired) electrons. The van der Waals surface area contributed by atoms with Gasteiger partial charge in [0.05, 0.1) is 29.7 Å². The molecule has 5 rings (SSSR count). The first kappa shape index (κ1) is 20.3. The van der Waals surface area contributed by atoms with E-state index in [-0.39, 0.29) is 29.4 Å². The normalized spacial score (nSPS) is 20.6. The van der Waals surface area contributed by atoms with E-state index in [1.807, 2.05) is 0 Å². The maximum atomic E-state index is 13.9. The van der Waals surface area contributed by atoms with Crippen LogP contribution in [0, 0.1) is 11.7 Å². The highest BCUT2D eigenvalue weighted by molar-refractivity contribution is 5.98. The zero-order valence-electron chi connectivity index (χ0n) is 16.6. The predicted octanol–water partition coefficient (Wildman–Crippen LogP) is 2.57. The van der Waals surface area contributed by atoms with Crippen LogP contribution < -0.4 is 4.90 Å². The molecule has 8 nitrogen and oxygen atoms in total. The number of alkyl halides is 3. The fourth-order valence-corrected chi connectivity index (χ4v) is 4.22. The Morgan fingerprint density at radius 3 is 2.59 bits per heavy atom. The minimum atomic E-state index is -4.57. The minimum absolute atomic E-state index is 0.0234. The van der Waals surface area contributed by atoms with Crippen LogP contribution in [0.1, 0.15) is 22.5 Å². The van der Waals surface area contributed by atoms with Gasteiger partial charge in [-0.2, -0.15) is 28.2 Å². The first-order valence-electron chi connectivity index (χ1n) is 9.93. The van der Waals surface area contributed by atoms with Gasteiger partial charge in [-0.05, 0) is 30.7 Å². The quantitative estimate of drug-likeness (QED) is 0.575. The third kappa shape index (κ3) is 3.55. The first-order chi connectivity index (χ1) is 15.3. The van der Waals surface area contributed by atoms with E-state index in [2.05, 4.69) is 20.2 Å². The molecule has 2 aromatic heterocycles. The maximum Gasteiger partial charge on any atom is 0.433 e. The monoisotopic (exact) mass is 447 g/mol. The largest absolute Gasteiger partial charge is 0.433 e. The van der Waals surface area contributed by atoms with E-state index < -0.39 is 17.7 Å². The number of piperidine rings is 1. The molecule has 0 saturated carbocycles. The van der Waals surface area contributed by atoms with Crippen molar-refractivity contribution in [2.45, 2.75) is 18.6 Å². The van der Waals surface area contributed by atoms with Crippen molar-refractivity contribution in [1.82, 2.24) is 29.9 Å². The van der Waals surface area contributed by atoms with E-state index in [4.69, 9.17) is 0 Å². The number of aromatic nitrogens is 5. The lowest BCUT2D eigenvalue weighted by molar-refractivity contribution is -0.141. The van der Waals surface area contributed by atoms with Gasteiger partial charge in [-0.1, -0.05) is 0 Å². The third-order valence-electron chi connectivity index (χ3n) is 5.85. The van der Waals surface area contributed by atoms with Crippen LogP contribution in [0.2, 0.25) is 0 Å². The van der Waals surface area contributed by atoms with Crippen molar-refractivity contribution in [2.75, 3.05) is 24.5 Å². The van der Waals surface area contributed by atoms with Crippen molar-refractivity contribution in [1.29, 1.82) is 0 Å². The molecule has 1 aromatic carbocycles. The minimum Gasteiger partial charge on any atom is -0.339 e. The molecule has 2 aliphatic rings. The number of rotatable bonds is 3. The van der Waals surface area contributed by atoms with Crippen molar-refractivity contribution in [2.24, 2.45) is 5.92 Å². The summed E-state index contributed by atoms with van der Waals surface area (Å²) < 4.78 is 53.0. The van der Waals surface area contributed by atoms with Gasteiger partial charge >= 0.3 is 6.18 Å². The predicted molar refractivity (Wildman–Crippen MR) is 103 cm³/mol. The summed E-state index contributed by atoms with van der Waals surface area (Å²) in [7, 11) is 0.